The summed E-state index contributed by atoms with van der Waals surface area (Å²) in [4.78, 5) is 0. The van der Waals surface area contributed by atoms with Crippen LogP contribution < -0.4 is 4.52 Å². The van der Waals surface area contributed by atoms with E-state index in [4.69, 9.17) is 4.52 Å². The van der Waals surface area contributed by atoms with E-state index in [0.29, 0.717) is 0 Å². The Morgan fingerprint density at radius 1 is 0.750 bits per heavy atom. The molecule has 0 N–H and O–H groups in total. The first-order valence-electron chi connectivity index (χ1n) is 8.56. The van der Waals surface area contributed by atoms with E-state index in [1.165, 1.54) is 18.2 Å². The predicted octanol–water partition coefficient (Wildman–Crippen LogP) is 5.81. The van der Waals surface area contributed by atoms with Gasteiger partial charge in [0.15, 0.2) is 17.4 Å². The van der Waals surface area contributed by atoms with Crippen LogP contribution in [0.2, 0.25) is 0 Å². The predicted molar refractivity (Wildman–Crippen MR) is 98.1 cm³/mol. The summed E-state index contributed by atoms with van der Waals surface area (Å²) in [7, 11) is -1.37. The minimum Gasteiger partial charge on any atom is -0.438 e. The van der Waals surface area contributed by atoms with E-state index in [0.717, 1.165) is 0 Å². The summed E-state index contributed by atoms with van der Waals surface area (Å²) < 4.78 is 38.7. The molecule has 0 fully saturated rings. The van der Waals surface area contributed by atoms with E-state index in [-0.39, 0.29) is 29.9 Å². The van der Waals surface area contributed by atoms with Gasteiger partial charge < -0.3 is 4.52 Å². The summed E-state index contributed by atoms with van der Waals surface area (Å²) in [6.45, 7) is 16.6. The maximum Gasteiger partial charge on any atom is 0.249 e. The van der Waals surface area contributed by atoms with Crippen molar-refractivity contribution in [3.8, 4) is 5.75 Å². The molecule has 0 saturated carbocycles. The lowest BCUT2D eigenvalue weighted by atomic mass is 10.3. The third-order valence-corrected chi connectivity index (χ3v) is 6.59. The molecule has 0 atom stereocenters. The Labute approximate surface area is 146 Å². The second-order valence-electron chi connectivity index (χ2n) is 7.03. The van der Waals surface area contributed by atoms with Crippen molar-refractivity contribution in [2.75, 3.05) is 0 Å². The molecule has 0 spiro atoms. The van der Waals surface area contributed by atoms with Crippen molar-refractivity contribution in [3.05, 3.63) is 29.8 Å². The first-order chi connectivity index (χ1) is 11.1. The SMILES string of the molecule is CC(C)N(C(C)C)P(Oc1c(F)cccc1F)N(C(C)C)C(C)C. The minimum absolute atomic E-state index is 0.186. The van der Waals surface area contributed by atoms with Gasteiger partial charge in [0.1, 0.15) is 0 Å². The normalized spacial score (nSPS) is 12.7. The van der Waals surface area contributed by atoms with Gasteiger partial charge in [-0.25, -0.2) is 18.1 Å². The van der Waals surface area contributed by atoms with Gasteiger partial charge in [0.25, 0.3) is 0 Å². The van der Waals surface area contributed by atoms with Crippen LogP contribution in [0.3, 0.4) is 0 Å². The zero-order valence-corrected chi connectivity index (χ0v) is 16.9. The molecule has 24 heavy (non-hydrogen) atoms. The van der Waals surface area contributed by atoms with Gasteiger partial charge in [-0.3, -0.25) is 0 Å². The van der Waals surface area contributed by atoms with Crippen LogP contribution in [0.5, 0.6) is 5.75 Å². The van der Waals surface area contributed by atoms with Crippen LogP contribution >= 0.6 is 8.45 Å². The monoisotopic (exact) mass is 360 g/mol. The van der Waals surface area contributed by atoms with Gasteiger partial charge >= 0.3 is 0 Å². The summed E-state index contributed by atoms with van der Waals surface area (Å²) in [5.74, 6) is -1.62. The van der Waals surface area contributed by atoms with Crippen LogP contribution in [-0.2, 0) is 0 Å². The Morgan fingerprint density at radius 2 is 1.08 bits per heavy atom. The quantitative estimate of drug-likeness (QED) is 0.544. The smallest absolute Gasteiger partial charge is 0.249 e. The largest absolute Gasteiger partial charge is 0.438 e. The van der Waals surface area contributed by atoms with Gasteiger partial charge in [0.05, 0.1) is 0 Å². The van der Waals surface area contributed by atoms with Crippen molar-refractivity contribution in [2.24, 2.45) is 0 Å². The molecular formula is C18H31F2N2OP. The highest BCUT2D eigenvalue weighted by atomic mass is 31.2. The molecule has 1 aromatic carbocycles. The second kappa shape index (κ2) is 9.07. The Balaban J connectivity index is 3.36. The van der Waals surface area contributed by atoms with Gasteiger partial charge in [0.2, 0.25) is 8.45 Å². The van der Waals surface area contributed by atoms with E-state index >= 15 is 0 Å². The lowest BCUT2D eigenvalue weighted by Crippen LogP contribution is -2.44. The topological polar surface area (TPSA) is 15.7 Å². The van der Waals surface area contributed by atoms with Crippen LogP contribution in [0.1, 0.15) is 55.4 Å². The van der Waals surface area contributed by atoms with Crippen LogP contribution in [0.15, 0.2) is 18.2 Å². The molecule has 6 heteroatoms. The van der Waals surface area contributed by atoms with Crippen molar-refractivity contribution in [3.63, 3.8) is 0 Å². The number of hydrogen-bond donors (Lipinski definition) is 0. The molecule has 0 aliphatic carbocycles. The van der Waals surface area contributed by atoms with E-state index in [1.807, 2.05) is 0 Å². The maximum atomic E-state index is 14.2. The van der Waals surface area contributed by atoms with E-state index in [1.54, 1.807) is 0 Å². The van der Waals surface area contributed by atoms with Crippen molar-refractivity contribution >= 4 is 8.45 Å². The number of para-hydroxylation sites is 1. The lowest BCUT2D eigenvalue weighted by Gasteiger charge is -2.45. The molecule has 0 aromatic heterocycles. The van der Waals surface area contributed by atoms with Gasteiger partial charge in [-0.15, -0.1) is 0 Å². The standard InChI is InChI=1S/C18H31F2N2OP/c1-12(2)21(13(3)4)24(22(14(5)6)15(7)8)23-18-16(19)10-9-11-17(18)20/h9-15H,1-8H3. The summed E-state index contributed by atoms with van der Waals surface area (Å²) in [5.41, 5.74) is 0. The Morgan fingerprint density at radius 3 is 1.38 bits per heavy atom. The zero-order chi connectivity index (χ0) is 18.6. The van der Waals surface area contributed by atoms with E-state index in [9.17, 15) is 8.78 Å². The van der Waals surface area contributed by atoms with Crippen molar-refractivity contribution in [2.45, 2.75) is 79.6 Å². The number of nitrogens with zero attached hydrogens (tertiary/aromatic N) is 2. The van der Waals surface area contributed by atoms with Gasteiger partial charge in [-0.05, 0) is 67.5 Å². The molecule has 138 valence electrons. The van der Waals surface area contributed by atoms with Crippen LogP contribution in [0.25, 0.3) is 0 Å². The first kappa shape index (κ1) is 21.3. The average Bonchev–Trinajstić information content (AvgIpc) is 2.41. The molecule has 3 nitrogen and oxygen atoms in total. The van der Waals surface area contributed by atoms with Gasteiger partial charge in [-0.1, -0.05) is 6.07 Å². The van der Waals surface area contributed by atoms with E-state index in [2.05, 4.69) is 64.7 Å². The third-order valence-electron chi connectivity index (χ3n) is 3.60. The number of hydrogen-bond acceptors (Lipinski definition) is 3. The number of rotatable bonds is 8. The number of benzene rings is 1. The fraction of sp³-hybridized carbons (Fsp3) is 0.667. The zero-order valence-electron chi connectivity index (χ0n) is 16.0. The fourth-order valence-corrected chi connectivity index (χ4v) is 5.19. The van der Waals surface area contributed by atoms with Crippen molar-refractivity contribution < 1.29 is 13.3 Å². The van der Waals surface area contributed by atoms with Gasteiger partial charge in [-0.2, -0.15) is 0 Å². The summed E-state index contributed by atoms with van der Waals surface area (Å²) >= 11 is 0. The molecule has 0 amide bonds. The highest BCUT2D eigenvalue weighted by Crippen LogP contribution is 2.51. The lowest BCUT2D eigenvalue weighted by molar-refractivity contribution is 0.222. The first-order valence-corrected chi connectivity index (χ1v) is 9.73. The molecule has 0 aliphatic heterocycles. The fourth-order valence-electron chi connectivity index (χ4n) is 2.85. The maximum absolute atomic E-state index is 14.2. The molecule has 0 bridgehead atoms. The minimum atomic E-state index is -1.37. The summed E-state index contributed by atoms with van der Waals surface area (Å²) in [5, 5.41) is 0. The second-order valence-corrected chi connectivity index (χ2v) is 8.64. The molecule has 1 rings (SSSR count). The molecular weight excluding hydrogens is 329 g/mol. The average molecular weight is 360 g/mol. The molecule has 0 aliphatic rings. The van der Waals surface area contributed by atoms with Gasteiger partial charge in [0, 0.05) is 24.2 Å². The Hall–Kier alpha value is -0.770. The van der Waals surface area contributed by atoms with Crippen molar-refractivity contribution in [1.82, 2.24) is 9.34 Å². The Bertz CT molecular complexity index is 467. The molecule has 0 saturated heterocycles. The van der Waals surface area contributed by atoms with Crippen LogP contribution in [0.4, 0.5) is 8.78 Å². The van der Waals surface area contributed by atoms with Crippen molar-refractivity contribution in [1.29, 1.82) is 0 Å². The van der Waals surface area contributed by atoms with Crippen LogP contribution in [-0.4, -0.2) is 33.5 Å². The third kappa shape index (κ3) is 5.11. The Kier molecular flexibility index (Phi) is 8.04. The highest BCUT2D eigenvalue weighted by Gasteiger charge is 2.36. The number of halogens is 2. The van der Waals surface area contributed by atoms with Crippen LogP contribution in [0, 0.1) is 11.6 Å². The molecule has 1 aromatic rings. The highest BCUT2D eigenvalue weighted by molar-refractivity contribution is 7.47. The molecule has 0 heterocycles. The molecule has 0 unspecified atom stereocenters. The summed E-state index contributed by atoms with van der Waals surface area (Å²) in [6, 6.07) is 4.56. The van der Waals surface area contributed by atoms with E-state index < -0.39 is 20.1 Å². The summed E-state index contributed by atoms with van der Waals surface area (Å²) in [6.07, 6.45) is 0. The molecule has 0 radical (unpaired) electrons.